The largest absolute Gasteiger partial charge is 0.354 e. The van der Waals surface area contributed by atoms with E-state index in [1.54, 1.807) is 6.20 Å². The van der Waals surface area contributed by atoms with E-state index in [9.17, 15) is 4.79 Å². The third-order valence-corrected chi connectivity index (χ3v) is 5.52. The first-order valence-corrected chi connectivity index (χ1v) is 9.66. The third-order valence-electron chi connectivity index (χ3n) is 5.52. The average molecular weight is 374 g/mol. The Morgan fingerprint density at radius 2 is 1.89 bits per heavy atom. The summed E-state index contributed by atoms with van der Waals surface area (Å²) in [5.74, 6) is 1.70. The summed E-state index contributed by atoms with van der Waals surface area (Å²) in [7, 11) is 2.15. The number of carbonyl (C=O) groups excluding carboxylic acids is 1. The van der Waals surface area contributed by atoms with Gasteiger partial charge in [-0.1, -0.05) is 0 Å². The molecule has 0 atom stereocenters. The van der Waals surface area contributed by atoms with Crippen molar-refractivity contribution in [3.8, 4) is 0 Å². The van der Waals surface area contributed by atoms with Crippen LogP contribution in [0, 0.1) is 0 Å². The molecule has 0 unspecified atom stereocenters. The number of rotatable bonds is 2. The van der Waals surface area contributed by atoms with Crippen molar-refractivity contribution in [2.24, 2.45) is 0 Å². The SMILES string of the molecule is CN1CCN(c2ccc3c(n2)CCC(=O)C(c2cn4cccnc4n2)=C3)CC1. The molecule has 0 radical (unpaired) electrons. The lowest BCUT2D eigenvalue weighted by molar-refractivity contribution is -0.113. The molecule has 2 aliphatic rings. The Labute approximate surface area is 163 Å². The van der Waals surface area contributed by atoms with Gasteiger partial charge < -0.3 is 9.80 Å². The molecule has 7 nitrogen and oxygen atoms in total. The number of carbonyl (C=O) groups is 1. The number of allylic oxidation sites excluding steroid dienone is 1. The second-order valence-corrected chi connectivity index (χ2v) is 7.43. The van der Waals surface area contributed by atoms with Crippen molar-refractivity contribution in [1.82, 2.24) is 24.3 Å². The summed E-state index contributed by atoms with van der Waals surface area (Å²) >= 11 is 0. The molecule has 4 heterocycles. The Balaban J connectivity index is 1.50. The number of pyridine rings is 1. The Morgan fingerprint density at radius 1 is 1.04 bits per heavy atom. The molecule has 0 bridgehead atoms. The van der Waals surface area contributed by atoms with E-state index in [1.165, 1.54) is 0 Å². The highest BCUT2D eigenvalue weighted by Gasteiger charge is 2.22. The maximum atomic E-state index is 12.8. The summed E-state index contributed by atoms with van der Waals surface area (Å²) in [6.07, 6.45) is 8.49. The fourth-order valence-corrected chi connectivity index (χ4v) is 3.82. The van der Waals surface area contributed by atoms with Crippen LogP contribution in [0.5, 0.6) is 0 Å². The number of aryl methyl sites for hydroxylation is 1. The van der Waals surface area contributed by atoms with Crippen LogP contribution in [-0.4, -0.2) is 63.3 Å². The maximum Gasteiger partial charge on any atom is 0.234 e. The molecule has 0 N–H and O–H groups in total. The smallest absolute Gasteiger partial charge is 0.234 e. The van der Waals surface area contributed by atoms with E-state index in [0.29, 0.717) is 29.9 Å². The minimum atomic E-state index is 0.0996. The molecule has 3 aromatic rings. The van der Waals surface area contributed by atoms with Gasteiger partial charge in [0.05, 0.1) is 11.4 Å². The Hall–Kier alpha value is -3.06. The van der Waals surface area contributed by atoms with E-state index in [-0.39, 0.29) is 5.78 Å². The van der Waals surface area contributed by atoms with Gasteiger partial charge in [-0.3, -0.25) is 9.20 Å². The number of piperazine rings is 1. The van der Waals surface area contributed by atoms with Gasteiger partial charge in [-0.2, -0.15) is 0 Å². The van der Waals surface area contributed by atoms with E-state index in [1.807, 2.05) is 28.9 Å². The number of imidazole rings is 1. The number of aromatic nitrogens is 4. The van der Waals surface area contributed by atoms with Crippen LogP contribution in [0.1, 0.15) is 23.4 Å². The zero-order valence-corrected chi connectivity index (χ0v) is 15.9. The van der Waals surface area contributed by atoms with E-state index < -0.39 is 0 Å². The lowest BCUT2D eigenvalue weighted by atomic mass is 10.1. The summed E-state index contributed by atoms with van der Waals surface area (Å²) in [4.78, 5) is 31.1. The van der Waals surface area contributed by atoms with Crippen molar-refractivity contribution in [3.05, 3.63) is 53.7 Å². The van der Waals surface area contributed by atoms with Crippen molar-refractivity contribution < 1.29 is 4.79 Å². The summed E-state index contributed by atoms with van der Waals surface area (Å²) in [6, 6.07) is 6.00. The van der Waals surface area contributed by atoms with Crippen LogP contribution >= 0.6 is 0 Å². The van der Waals surface area contributed by atoms with Crippen molar-refractivity contribution in [1.29, 1.82) is 0 Å². The molecule has 0 saturated carbocycles. The molecule has 0 amide bonds. The first kappa shape index (κ1) is 17.1. The van der Waals surface area contributed by atoms with Crippen LogP contribution in [0.4, 0.5) is 5.82 Å². The van der Waals surface area contributed by atoms with Gasteiger partial charge in [-0.05, 0) is 43.3 Å². The molecule has 142 valence electrons. The molecule has 0 spiro atoms. The Kier molecular flexibility index (Phi) is 4.16. The van der Waals surface area contributed by atoms with Gasteiger partial charge in [0, 0.05) is 56.8 Å². The maximum absolute atomic E-state index is 12.8. The van der Waals surface area contributed by atoms with Crippen molar-refractivity contribution in [2.45, 2.75) is 12.8 Å². The van der Waals surface area contributed by atoms with Crippen LogP contribution in [-0.2, 0) is 11.2 Å². The highest BCUT2D eigenvalue weighted by Crippen LogP contribution is 2.28. The monoisotopic (exact) mass is 374 g/mol. The molecule has 28 heavy (non-hydrogen) atoms. The molecule has 0 aromatic carbocycles. The van der Waals surface area contributed by atoms with Gasteiger partial charge in [0.25, 0.3) is 0 Å². The van der Waals surface area contributed by atoms with E-state index in [2.05, 4.69) is 38.9 Å². The van der Waals surface area contributed by atoms with Crippen LogP contribution in [0.3, 0.4) is 0 Å². The lowest BCUT2D eigenvalue weighted by Gasteiger charge is -2.33. The van der Waals surface area contributed by atoms with Gasteiger partial charge in [0.1, 0.15) is 5.82 Å². The highest BCUT2D eigenvalue weighted by atomic mass is 16.1. The molecular weight excluding hydrogens is 352 g/mol. The van der Waals surface area contributed by atoms with Crippen LogP contribution in [0.25, 0.3) is 17.4 Å². The topological polar surface area (TPSA) is 66.6 Å². The Bertz CT molecular complexity index is 1040. The van der Waals surface area contributed by atoms with Crippen LogP contribution < -0.4 is 4.90 Å². The van der Waals surface area contributed by atoms with Gasteiger partial charge in [-0.15, -0.1) is 0 Å². The summed E-state index contributed by atoms with van der Waals surface area (Å²) in [5.41, 5.74) is 3.29. The minimum absolute atomic E-state index is 0.0996. The van der Waals surface area contributed by atoms with Crippen molar-refractivity contribution in [3.63, 3.8) is 0 Å². The molecule has 1 aliphatic carbocycles. The van der Waals surface area contributed by atoms with Gasteiger partial charge >= 0.3 is 0 Å². The number of Topliss-reactive ketones (excluding diaryl/α,β-unsaturated/α-hetero) is 1. The standard InChI is InChI=1S/C21H22N6O/c1-25-9-11-26(12-10-25)20-6-3-15-13-16(19(28)5-4-17(15)23-20)18-14-27-8-2-7-22-21(27)24-18/h2-3,6-8,13-14H,4-5,9-12H2,1H3. The van der Waals surface area contributed by atoms with E-state index >= 15 is 0 Å². The van der Waals surface area contributed by atoms with E-state index in [4.69, 9.17) is 4.98 Å². The van der Waals surface area contributed by atoms with Crippen LogP contribution in [0.2, 0.25) is 0 Å². The quantitative estimate of drug-likeness (QED) is 0.683. The number of hydrogen-bond donors (Lipinski definition) is 0. The zero-order valence-electron chi connectivity index (χ0n) is 15.9. The Morgan fingerprint density at radius 3 is 2.71 bits per heavy atom. The predicted molar refractivity (Wildman–Crippen MR) is 108 cm³/mol. The van der Waals surface area contributed by atoms with Gasteiger partial charge in [0.2, 0.25) is 5.78 Å². The fourth-order valence-electron chi connectivity index (χ4n) is 3.82. The third kappa shape index (κ3) is 3.07. The fraction of sp³-hybridized carbons (Fsp3) is 0.333. The molecule has 1 fully saturated rings. The van der Waals surface area contributed by atoms with Crippen molar-refractivity contribution in [2.75, 3.05) is 38.1 Å². The molecule has 3 aromatic heterocycles. The minimum Gasteiger partial charge on any atom is -0.354 e. The summed E-state index contributed by atoms with van der Waals surface area (Å²) in [5, 5.41) is 0. The second kappa shape index (κ2) is 6.83. The predicted octanol–water partition coefficient (Wildman–Crippen LogP) is 1.93. The normalized spacial score (nSPS) is 18.1. The number of nitrogens with zero attached hydrogens (tertiary/aromatic N) is 6. The summed E-state index contributed by atoms with van der Waals surface area (Å²) < 4.78 is 1.84. The van der Waals surface area contributed by atoms with Gasteiger partial charge in [-0.25, -0.2) is 15.0 Å². The number of likely N-dealkylation sites (N-methyl/N-ethyl adjacent to an activating group) is 1. The molecule has 7 heteroatoms. The second-order valence-electron chi connectivity index (χ2n) is 7.43. The molecule has 5 rings (SSSR count). The van der Waals surface area contributed by atoms with Gasteiger partial charge in [0.15, 0.2) is 5.78 Å². The number of anilines is 1. The molecular formula is C21H22N6O. The molecule has 1 saturated heterocycles. The number of ketones is 1. The first-order chi connectivity index (χ1) is 13.7. The number of hydrogen-bond acceptors (Lipinski definition) is 6. The average Bonchev–Trinajstić information content (AvgIpc) is 3.07. The summed E-state index contributed by atoms with van der Waals surface area (Å²) in [6.45, 7) is 4.06. The highest BCUT2D eigenvalue weighted by molar-refractivity contribution is 6.25. The zero-order chi connectivity index (χ0) is 19.1. The van der Waals surface area contributed by atoms with E-state index in [0.717, 1.165) is 43.3 Å². The lowest BCUT2D eigenvalue weighted by Crippen LogP contribution is -2.44. The number of fused-ring (bicyclic) bond motifs is 2. The molecule has 1 aliphatic heterocycles. The van der Waals surface area contributed by atoms with Crippen LogP contribution in [0.15, 0.2) is 36.8 Å². The first-order valence-electron chi connectivity index (χ1n) is 9.66. The van der Waals surface area contributed by atoms with Crippen molar-refractivity contribution >= 4 is 29.0 Å².